The maximum atomic E-state index is 12.9. The van der Waals surface area contributed by atoms with E-state index >= 15 is 0 Å². The van der Waals surface area contributed by atoms with Crippen LogP contribution in [0.15, 0.2) is 52.4 Å². The predicted octanol–water partition coefficient (Wildman–Crippen LogP) is 5.00. The number of carbonyl (C=O) groups excluding carboxylic acids is 1. The molecule has 4 rings (SSSR count). The highest BCUT2D eigenvalue weighted by atomic mass is 32.2. The van der Waals surface area contributed by atoms with Crippen molar-refractivity contribution in [3.8, 4) is 11.5 Å². The molecule has 192 valence electrons. The van der Waals surface area contributed by atoms with Crippen LogP contribution in [0, 0.1) is 0 Å². The number of amides is 1. The number of anilines is 1. The molecule has 0 unspecified atom stereocenters. The molecule has 8 heteroatoms. The van der Waals surface area contributed by atoms with E-state index in [1.807, 2.05) is 0 Å². The molecule has 2 aliphatic rings. The molecule has 36 heavy (non-hydrogen) atoms. The first kappa shape index (κ1) is 26.2. The molecule has 0 aliphatic carbocycles. The zero-order chi connectivity index (χ0) is 25.9. The standard InChI is InChI=1S/C28H36N4O3S/c1-27(2,3)20-9-7-19(8-10-20)25-26(31-28(30-25)11-13-32(4)14-12-28)36-18-24(33)29-21-15-22(34-5)17-23(16-21)35-6/h7-10,15-17H,11-14,18H2,1-6H3,(H,29,33). The molecule has 2 heterocycles. The Morgan fingerprint density at radius 3 is 2.19 bits per heavy atom. The van der Waals surface area contributed by atoms with Gasteiger partial charge in [-0.1, -0.05) is 56.8 Å². The molecule has 1 fully saturated rings. The lowest BCUT2D eigenvalue weighted by molar-refractivity contribution is -0.113. The van der Waals surface area contributed by atoms with E-state index in [9.17, 15) is 4.79 Å². The quantitative estimate of drug-likeness (QED) is 0.595. The normalized spacial score (nSPS) is 17.5. The monoisotopic (exact) mass is 508 g/mol. The third kappa shape index (κ3) is 6.10. The van der Waals surface area contributed by atoms with Crippen molar-refractivity contribution < 1.29 is 14.3 Å². The van der Waals surface area contributed by atoms with Crippen LogP contribution >= 0.6 is 11.8 Å². The minimum Gasteiger partial charge on any atom is -0.497 e. The zero-order valence-electron chi connectivity index (χ0n) is 22.1. The molecule has 0 atom stereocenters. The Morgan fingerprint density at radius 1 is 1.03 bits per heavy atom. The second-order valence-electron chi connectivity index (χ2n) is 10.4. The van der Waals surface area contributed by atoms with Crippen molar-refractivity contribution in [2.75, 3.05) is 45.4 Å². The molecule has 1 N–H and O–H groups in total. The summed E-state index contributed by atoms with van der Waals surface area (Å²) in [7, 11) is 5.30. The van der Waals surface area contributed by atoms with E-state index in [2.05, 4.69) is 62.3 Å². The van der Waals surface area contributed by atoms with Gasteiger partial charge in [-0.25, -0.2) is 4.99 Å². The van der Waals surface area contributed by atoms with Gasteiger partial charge in [0.15, 0.2) is 5.66 Å². The topological polar surface area (TPSA) is 75.5 Å². The molecule has 1 amide bonds. The van der Waals surface area contributed by atoms with Crippen LogP contribution in [-0.4, -0.2) is 67.3 Å². The average molecular weight is 509 g/mol. The van der Waals surface area contributed by atoms with Crippen LogP contribution < -0.4 is 14.8 Å². The van der Waals surface area contributed by atoms with Crippen molar-refractivity contribution >= 4 is 34.1 Å². The summed E-state index contributed by atoms with van der Waals surface area (Å²) in [4.78, 5) is 25.4. The fourth-order valence-electron chi connectivity index (χ4n) is 4.35. The lowest BCUT2D eigenvalue weighted by Crippen LogP contribution is -2.39. The number of rotatable bonds is 6. The van der Waals surface area contributed by atoms with Crippen LogP contribution in [0.1, 0.15) is 44.7 Å². The summed E-state index contributed by atoms with van der Waals surface area (Å²) in [5.41, 5.74) is 3.49. The summed E-state index contributed by atoms with van der Waals surface area (Å²) in [5, 5.41) is 3.78. The number of piperidine rings is 1. The highest BCUT2D eigenvalue weighted by Gasteiger charge is 2.39. The third-order valence-electron chi connectivity index (χ3n) is 6.62. The van der Waals surface area contributed by atoms with Gasteiger partial charge in [0.05, 0.1) is 25.7 Å². The summed E-state index contributed by atoms with van der Waals surface area (Å²) in [6, 6.07) is 13.9. The van der Waals surface area contributed by atoms with Gasteiger partial charge < -0.3 is 19.7 Å². The van der Waals surface area contributed by atoms with Crippen molar-refractivity contribution in [2.24, 2.45) is 9.98 Å². The number of aliphatic imine (C=N–C) groups is 2. The number of likely N-dealkylation sites (tertiary alicyclic amines) is 1. The molecule has 0 bridgehead atoms. The zero-order valence-corrected chi connectivity index (χ0v) is 22.9. The molecule has 2 aromatic rings. The van der Waals surface area contributed by atoms with Gasteiger partial charge >= 0.3 is 0 Å². The number of benzene rings is 2. The number of nitrogens with one attached hydrogen (secondary N) is 1. The molecule has 1 spiro atoms. The minimum absolute atomic E-state index is 0.0811. The number of hydrogen-bond acceptors (Lipinski definition) is 7. The van der Waals surface area contributed by atoms with E-state index in [0.29, 0.717) is 17.2 Å². The van der Waals surface area contributed by atoms with Crippen LogP contribution in [0.3, 0.4) is 0 Å². The van der Waals surface area contributed by atoms with E-state index in [-0.39, 0.29) is 17.1 Å². The molecule has 0 radical (unpaired) electrons. The van der Waals surface area contributed by atoms with Crippen LogP contribution in [0.25, 0.3) is 0 Å². The Balaban J connectivity index is 1.52. The fraction of sp³-hybridized carbons (Fsp3) is 0.464. The summed E-state index contributed by atoms with van der Waals surface area (Å²) >= 11 is 1.44. The third-order valence-corrected chi connectivity index (χ3v) is 7.58. The van der Waals surface area contributed by atoms with Crippen LogP contribution in [-0.2, 0) is 10.2 Å². The highest BCUT2D eigenvalue weighted by molar-refractivity contribution is 8.16. The van der Waals surface area contributed by atoms with Crippen molar-refractivity contribution in [3.63, 3.8) is 0 Å². The largest absolute Gasteiger partial charge is 0.497 e. The van der Waals surface area contributed by atoms with Crippen LogP contribution in [0.2, 0.25) is 0 Å². The SMILES string of the molecule is COc1cc(NC(=O)CSC2=NC3(CCN(C)CC3)N=C2c2ccc(C(C)(C)C)cc2)cc(OC)c1. The van der Waals surface area contributed by atoms with Gasteiger partial charge in [-0.3, -0.25) is 9.79 Å². The highest BCUT2D eigenvalue weighted by Crippen LogP contribution is 2.36. The van der Waals surface area contributed by atoms with Crippen LogP contribution in [0.5, 0.6) is 11.5 Å². The molecule has 1 saturated heterocycles. The first-order valence-electron chi connectivity index (χ1n) is 12.3. The van der Waals surface area contributed by atoms with E-state index in [1.165, 1.54) is 17.3 Å². The van der Waals surface area contributed by atoms with Gasteiger partial charge in [-0.2, -0.15) is 0 Å². The lowest BCUT2D eigenvalue weighted by atomic mass is 9.86. The first-order valence-corrected chi connectivity index (χ1v) is 13.2. The maximum absolute atomic E-state index is 12.9. The van der Waals surface area contributed by atoms with E-state index in [0.717, 1.165) is 42.3 Å². The summed E-state index contributed by atoms with van der Waals surface area (Å²) in [6.45, 7) is 8.55. The number of nitrogens with zero attached hydrogens (tertiary/aromatic N) is 3. The smallest absolute Gasteiger partial charge is 0.234 e. The molecule has 2 aliphatic heterocycles. The predicted molar refractivity (Wildman–Crippen MR) is 149 cm³/mol. The number of hydrogen-bond donors (Lipinski definition) is 1. The molecular weight excluding hydrogens is 472 g/mol. The number of thioether (sulfide) groups is 1. The molecule has 0 saturated carbocycles. The van der Waals surface area contributed by atoms with E-state index < -0.39 is 5.66 Å². The molecule has 7 nitrogen and oxygen atoms in total. The molecule has 2 aromatic carbocycles. The van der Waals surface area contributed by atoms with Crippen LogP contribution in [0.4, 0.5) is 5.69 Å². The maximum Gasteiger partial charge on any atom is 0.234 e. The molecular formula is C28H36N4O3S. The Morgan fingerprint density at radius 2 is 1.64 bits per heavy atom. The van der Waals surface area contributed by atoms with Gasteiger partial charge in [0.1, 0.15) is 16.5 Å². The fourth-order valence-corrected chi connectivity index (χ4v) is 5.23. The average Bonchev–Trinajstić information content (AvgIpc) is 3.22. The van der Waals surface area contributed by atoms with Gasteiger partial charge in [0.25, 0.3) is 0 Å². The van der Waals surface area contributed by atoms with Crippen molar-refractivity contribution in [2.45, 2.75) is 44.7 Å². The van der Waals surface area contributed by atoms with Gasteiger partial charge in [0.2, 0.25) is 5.91 Å². The Labute approximate surface area is 218 Å². The van der Waals surface area contributed by atoms with Gasteiger partial charge in [-0.15, -0.1) is 0 Å². The first-order chi connectivity index (χ1) is 17.1. The second-order valence-corrected chi connectivity index (χ2v) is 11.4. The summed E-state index contributed by atoms with van der Waals surface area (Å²) in [5.74, 6) is 1.35. The minimum atomic E-state index is -0.427. The Hall–Kier alpha value is -2.84. The van der Waals surface area contributed by atoms with Crippen molar-refractivity contribution in [1.82, 2.24) is 4.90 Å². The van der Waals surface area contributed by atoms with Gasteiger partial charge in [0, 0.05) is 55.4 Å². The molecule has 0 aromatic heterocycles. The lowest BCUT2D eigenvalue weighted by Gasteiger charge is -2.33. The summed E-state index contributed by atoms with van der Waals surface area (Å²) < 4.78 is 10.6. The van der Waals surface area contributed by atoms with Gasteiger partial charge in [-0.05, 0) is 18.0 Å². The number of carbonyl (C=O) groups is 1. The Kier molecular flexibility index (Phi) is 7.76. The second kappa shape index (κ2) is 10.6. The van der Waals surface area contributed by atoms with E-state index in [1.54, 1.807) is 32.4 Å². The van der Waals surface area contributed by atoms with E-state index in [4.69, 9.17) is 19.5 Å². The van der Waals surface area contributed by atoms with Crippen molar-refractivity contribution in [3.05, 3.63) is 53.6 Å². The summed E-state index contributed by atoms with van der Waals surface area (Å²) in [6.07, 6.45) is 1.76. The number of ether oxygens (including phenoxy) is 2. The number of methoxy groups -OCH3 is 2. The van der Waals surface area contributed by atoms with Crippen molar-refractivity contribution in [1.29, 1.82) is 0 Å². The Bertz CT molecular complexity index is 1140.